The van der Waals surface area contributed by atoms with E-state index in [9.17, 15) is 4.79 Å². The van der Waals surface area contributed by atoms with Crippen molar-refractivity contribution in [3.8, 4) is 11.5 Å². The van der Waals surface area contributed by atoms with Gasteiger partial charge in [0.05, 0.1) is 5.56 Å². The molecule has 0 spiro atoms. The molecule has 5 rings (SSSR count). The van der Waals surface area contributed by atoms with E-state index in [1.165, 1.54) is 0 Å². The topological polar surface area (TPSA) is 38.8 Å². The number of ketones is 1. The maximum Gasteiger partial charge on any atom is 0.231 e. The number of hydrogen-bond donors (Lipinski definition) is 0. The number of carbonyl (C=O) groups is 1. The first-order chi connectivity index (χ1) is 16.0. The Bertz CT molecular complexity index is 1300. The van der Waals surface area contributed by atoms with Gasteiger partial charge >= 0.3 is 0 Å². The molecule has 0 unspecified atom stereocenters. The Kier molecular flexibility index (Phi) is 5.98. The minimum atomic E-state index is -0.119. The highest BCUT2D eigenvalue weighted by Crippen LogP contribution is 2.43. The van der Waals surface area contributed by atoms with E-state index in [1.54, 1.807) is 12.1 Å². The molecule has 0 aromatic heterocycles. The van der Waals surface area contributed by atoms with Crippen molar-refractivity contribution < 1.29 is 14.3 Å². The molecule has 0 atom stereocenters. The number of fused-ring (bicyclic) bond motifs is 2. The monoisotopic (exact) mass is 477 g/mol. The Hall–Kier alpha value is -3.05. The Morgan fingerprint density at radius 1 is 1.06 bits per heavy atom. The SMILES string of the molecule is Cc1c2c(cc3c1O/C(=C\C=C\c1ccccc1)C3=O)CN(Cc1ccc(Cl)cc1Cl)CO2. The molecule has 0 N–H and O–H groups in total. The third kappa shape index (κ3) is 4.42. The highest BCUT2D eigenvalue weighted by molar-refractivity contribution is 6.35. The number of hydrogen-bond acceptors (Lipinski definition) is 4. The molecule has 0 amide bonds. The highest BCUT2D eigenvalue weighted by atomic mass is 35.5. The first kappa shape index (κ1) is 21.8. The molecule has 4 nitrogen and oxygen atoms in total. The summed E-state index contributed by atoms with van der Waals surface area (Å²) in [6.45, 7) is 3.61. The molecule has 0 bridgehead atoms. The zero-order valence-electron chi connectivity index (χ0n) is 18.0. The number of nitrogens with zero attached hydrogens (tertiary/aromatic N) is 1. The van der Waals surface area contributed by atoms with E-state index < -0.39 is 0 Å². The van der Waals surface area contributed by atoms with Crippen molar-refractivity contribution in [1.29, 1.82) is 0 Å². The van der Waals surface area contributed by atoms with Crippen molar-refractivity contribution in [2.45, 2.75) is 20.0 Å². The lowest BCUT2D eigenvalue weighted by molar-refractivity contribution is 0.0877. The van der Waals surface area contributed by atoms with Crippen LogP contribution in [0.1, 0.15) is 32.6 Å². The Morgan fingerprint density at radius 2 is 1.88 bits per heavy atom. The molecule has 0 saturated carbocycles. The molecule has 3 aromatic carbocycles. The van der Waals surface area contributed by atoms with Crippen LogP contribution in [0.5, 0.6) is 11.5 Å². The van der Waals surface area contributed by atoms with Crippen LogP contribution in [0.25, 0.3) is 6.08 Å². The van der Waals surface area contributed by atoms with Crippen molar-refractivity contribution in [3.63, 3.8) is 0 Å². The third-order valence-electron chi connectivity index (χ3n) is 5.75. The molecule has 0 fully saturated rings. The number of carbonyl (C=O) groups excluding carboxylic acids is 1. The van der Waals surface area contributed by atoms with E-state index in [4.69, 9.17) is 32.7 Å². The normalized spacial score (nSPS) is 16.6. The van der Waals surface area contributed by atoms with Gasteiger partial charge in [0.1, 0.15) is 18.2 Å². The van der Waals surface area contributed by atoms with Gasteiger partial charge in [-0.25, -0.2) is 0 Å². The fourth-order valence-electron chi connectivity index (χ4n) is 4.11. The zero-order chi connectivity index (χ0) is 22.9. The second-order valence-electron chi connectivity index (χ2n) is 8.09. The summed E-state index contributed by atoms with van der Waals surface area (Å²) in [4.78, 5) is 15.1. The quantitative estimate of drug-likeness (QED) is 0.386. The van der Waals surface area contributed by atoms with E-state index in [2.05, 4.69) is 4.90 Å². The number of ether oxygens (including phenoxy) is 2. The molecule has 6 heteroatoms. The minimum Gasteiger partial charge on any atom is -0.477 e. The largest absolute Gasteiger partial charge is 0.477 e. The molecular weight excluding hydrogens is 457 g/mol. The standard InChI is InChI=1S/C27H21Cl2NO3/c1-17-26-20(15-30(16-32-26)14-19-10-11-21(28)13-23(19)29)12-22-25(31)24(33-27(17)22)9-5-8-18-6-3-2-4-7-18/h2-13H,14-16H2,1H3/b8-5+,24-9-. The van der Waals surface area contributed by atoms with Crippen LogP contribution in [0.15, 0.2) is 72.5 Å². The Labute approximate surface area is 202 Å². The number of rotatable bonds is 4. The van der Waals surface area contributed by atoms with Crippen molar-refractivity contribution in [2.24, 2.45) is 0 Å². The summed E-state index contributed by atoms with van der Waals surface area (Å²) >= 11 is 12.4. The predicted octanol–water partition coefficient (Wildman–Crippen LogP) is 6.83. The van der Waals surface area contributed by atoms with Crippen LogP contribution in [0.4, 0.5) is 0 Å². The van der Waals surface area contributed by atoms with Gasteiger partial charge in [0.2, 0.25) is 5.78 Å². The second-order valence-corrected chi connectivity index (χ2v) is 8.94. The van der Waals surface area contributed by atoms with Crippen molar-refractivity contribution in [1.82, 2.24) is 4.90 Å². The number of benzene rings is 3. The first-order valence-corrected chi connectivity index (χ1v) is 11.4. The molecule has 2 heterocycles. The van der Waals surface area contributed by atoms with Gasteiger partial charge in [-0.2, -0.15) is 0 Å². The summed E-state index contributed by atoms with van der Waals surface area (Å²) in [5.74, 6) is 1.55. The van der Waals surface area contributed by atoms with Crippen LogP contribution in [-0.2, 0) is 13.1 Å². The van der Waals surface area contributed by atoms with Gasteiger partial charge in [0.15, 0.2) is 5.76 Å². The molecular formula is C27H21Cl2NO3. The van der Waals surface area contributed by atoms with Crippen LogP contribution in [0.2, 0.25) is 10.0 Å². The molecule has 0 aliphatic carbocycles. The molecule has 33 heavy (non-hydrogen) atoms. The molecule has 2 aliphatic rings. The highest BCUT2D eigenvalue weighted by Gasteiger charge is 2.33. The molecule has 166 valence electrons. The van der Waals surface area contributed by atoms with E-state index in [1.807, 2.05) is 67.6 Å². The summed E-state index contributed by atoms with van der Waals surface area (Å²) < 4.78 is 12.0. The van der Waals surface area contributed by atoms with Crippen LogP contribution in [-0.4, -0.2) is 17.4 Å². The van der Waals surface area contributed by atoms with Crippen LogP contribution in [0, 0.1) is 6.92 Å². The summed E-state index contributed by atoms with van der Waals surface area (Å²) in [6, 6.07) is 17.3. The number of halogens is 2. The van der Waals surface area contributed by atoms with Crippen LogP contribution >= 0.6 is 23.2 Å². The van der Waals surface area contributed by atoms with Gasteiger partial charge in [0.25, 0.3) is 0 Å². The lowest BCUT2D eigenvalue weighted by Crippen LogP contribution is -2.32. The summed E-state index contributed by atoms with van der Waals surface area (Å²) in [5.41, 5.74) is 4.40. The summed E-state index contributed by atoms with van der Waals surface area (Å²) in [6.07, 6.45) is 5.48. The average Bonchev–Trinajstić information content (AvgIpc) is 3.12. The lowest BCUT2D eigenvalue weighted by Gasteiger charge is -2.30. The zero-order valence-corrected chi connectivity index (χ0v) is 19.5. The summed E-state index contributed by atoms with van der Waals surface area (Å²) in [7, 11) is 0. The number of Topliss-reactive ketones (excluding diaryl/α,β-unsaturated/α-hetero) is 1. The minimum absolute atomic E-state index is 0.119. The van der Waals surface area contributed by atoms with Gasteiger partial charge in [0, 0.05) is 34.3 Å². The van der Waals surface area contributed by atoms with E-state index in [0.29, 0.717) is 46.9 Å². The van der Waals surface area contributed by atoms with Gasteiger partial charge in [-0.3, -0.25) is 9.69 Å². The van der Waals surface area contributed by atoms with Gasteiger partial charge < -0.3 is 9.47 Å². The van der Waals surface area contributed by atoms with Gasteiger partial charge in [-0.05, 0) is 42.3 Å². The molecule has 3 aromatic rings. The maximum absolute atomic E-state index is 13.0. The lowest BCUT2D eigenvalue weighted by atomic mass is 10.00. The molecule has 0 radical (unpaired) electrons. The summed E-state index contributed by atoms with van der Waals surface area (Å²) in [5, 5.41) is 1.23. The fraction of sp³-hybridized carbons (Fsp3) is 0.148. The number of allylic oxidation sites excluding steroid dienone is 3. The Morgan fingerprint density at radius 3 is 2.67 bits per heavy atom. The smallest absolute Gasteiger partial charge is 0.231 e. The van der Waals surface area contributed by atoms with E-state index in [-0.39, 0.29) is 5.78 Å². The van der Waals surface area contributed by atoms with E-state index in [0.717, 1.165) is 28.0 Å². The second kappa shape index (κ2) is 9.06. The van der Waals surface area contributed by atoms with Gasteiger partial charge in [-0.1, -0.05) is 71.8 Å². The van der Waals surface area contributed by atoms with Crippen LogP contribution in [0.3, 0.4) is 0 Å². The molecule has 0 saturated heterocycles. The van der Waals surface area contributed by atoms with Crippen molar-refractivity contribution >= 4 is 35.1 Å². The van der Waals surface area contributed by atoms with Crippen molar-refractivity contribution in [3.05, 3.63) is 110 Å². The average molecular weight is 478 g/mol. The Balaban J connectivity index is 1.37. The predicted molar refractivity (Wildman–Crippen MR) is 131 cm³/mol. The fourth-order valence-corrected chi connectivity index (χ4v) is 4.58. The van der Waals surface area contributed by atoms with Gasteiger partial charge in [-0.15, -0.1) is 0 Å². The third-order valence-corrected chi connectivity index (χ3v) is 6.33. The van der Waals surface area contributed by atoms with Crippen molar-refractivity contribution in [2.75, 3.05) is 6.73 Å². The van der Waals surface area contributed by atoms with E-state index >= 15 is 0 Å². The first-order valence-electron chi connectivity index (χ1n) is 10.6. The molecule has 2 aliphatic heterocycles. The maximum atomic E-state index is 13.0. The van der Waals surface area contributed by atoms with Crippen LogP contribution < -0.4 is 9.47 Å².